The molecular weight excluding hydrogens is 322 g/mol. The van der Waals surface area contributed by atoms with Crippen LogP contribution in [0.1, 0.15) is 17.9 Å². The summed E-state index contributed by atoms with van der Waals surface area (Å²) in [6.45, 7) is 5.22. The van der Waals surface area contributed by atoms with Gasteiger partial charge in [0, 0.05) is 38.3 Å². The standard InChI is InChI=1S/C17H25N5O3/c1-12-3-4-14(25-12)11-21-6-7-22(10-13(21)5-8-23)15-9-16(24-2)20-17(18)19-15/h3-4,9,13,23H,5-8,10-11H2,1-2H3,(H2,18,19,20)/t13-/m1/s1. The molecule has 8 nitrogen and oxygen atoms in total. The average Bonchev–Trinajstić information content (AvgIpc) is 3.01. The number of nitrogens with two attached hydrogens (primary N) is 1. The number of aromatic nitrogens is 2. The Kier molecular flexibility index (Phi) is 5.40. The Bertz CT molecular complexity index is 705. The molecule has 0 aliphatic carbocycles. The molecule has 0 radical (unpaired) electrons. The quantitative estimate of drug-likeness (QED) is 0.799. The van der Waals surface area contributed by atoms with Crippen molar-refractivity contribution in [2.45, 2.75) is 25.9 Å². The van der Waals surface area contributed by atoms with Crippen molar-refractivity contribution < 1.29 is 14.3 Å². The van der Waals surface area contributed by atoms with Gasteiger partial charge in [-0.1, -0.05) is 0 Å². The number of rotatable bonds is 6. The van der Waals surface area contributed by atoms with E-state index in [9.17, 15) is 5.11 Å². The maximum Gasteiger partial charge on any atom is 0.225 e. The zero-order chi connectivity index (χ0) is 17.8. The van der Waals surface area contributed by atoms with Crippen LogP contribution in [-0.2, 0) is 6.54 Å². The number of furan rings is 1. The Hall–Kier alpha value is -2.32. The number of aliphatic hydroxyl groups excluding tert-OH is 1. The molecule has 2 aromatic rings. The van der Waals surface area contributed by atoms with E-state index < -0.39 is 0 Å². The highest BCUT2D eigenvalue weighted by Crippen LogP contribution is 2.24. The molecule has 0 bridgehead atoms. The van der Waals surface area contributed by atoms with E-state index in [0.717, 1.165) is 43.5 Å². The van der Waals surface area contributed by atoms with Gasteiger partial charge in [0.05, 0.1) is 13.7 Å². The second kappa shape index (κ2) is 7.71. The van der Waals surface area contributed by atoms with Crippen molar-refractivity contribution in [2.24, 2.45) is 0 Å². The third kappa shape index (κ3) is 4.21. The highest BCUT2D eigenvalue weighted by Gasteiger charge is 2.28. The average molecular weight is 347 g/mol. The minimum Gasteiger partial charge on any atom is -0.481 e. The molecule has 3 rings (SSSR count). The molecule has 1 saturated heterocycles. The van der Waals surface area contributed by atoms with Gasteiger partial charge in [0.15, 0.2) is 0 Å². The summed E-state index contributed by atoms with van der Waals surface area (Å²) >= 11 is 0. The molecule has 1 atom stereocenters. The predicted octanol–water partition coefficient (Wildman–Crippen LogP) is 1.04. The highest BCUT2D eigenvalue weighted by molar-refractivity contribution is 5.46. The van der Waals surface area contributed by atoms with Crippen LogP contribution in [0.15, 0.2) is 22.6 Å². The summed E-state index contributed by atoms with van der Waals surface area (Å²) in [5, 5.41) is 9.46. The molecule has 1 fully saturated rings. The third-order valence-electron chi connectivity index (χ3n) is 4.46. The van der Waals surface area contributed by atoms with Crippen LogP contribution in [0.5, 0.6) is 5.88 Å². The summed E-state index contributed by atoms with van der Waals surface area (Å²) in [5.74, 6) is 3.26. The molecule has 3 N–H and O–H groups in total. The zero-order valence-electron chi connectivity index (χ0n) is 14.7. The summed E-state index contributed by atoms with van der Waals surface area (Å²) in [6.07, 6.45) is 0.688. The van der Waals surface area contributed by atoms with Crippen LogP contribution in [0.2, 0.25) is 0 Å². The predicted molar refractivity (Wildman–Crippen MR) is 94.6 cm³/mol. The second-order valence-electron chi connectivity index (χ2n) is 6.22. The largest absolute Gasteiger partial charge is 0.481 e. The van der Waals surface area contributed by atoms with Gasteiger partial charge in [-0.2, -0.15) is 9.97 Å². The molecule has 0 aromatic carbocycles. The van der Waals surface area contributed by atoms with E-state index in [1.165, 1.54) is 0 Å². The Morgan fingerprint density at radius 1 is 1.36 bits per heavy atom. The number of aryl methyl sites for hydroxylation is 1. The van der Waals surface area contributed by atoms with Gasteiger partial charge < -0.3 is 24.9 Å². The van der Waals surface area contributed by atoms with E-state index in [1.54, 1.807) is 13.2 Å². The van der Waals surface area contributed by atoms with Crippen LogP contribution < -0.4 is 15.4 Å². The van der Waals surface area contributed by atoms with Crippen LogP contribution in [-0.4, -0.2) is 59.4 Å². The first-order valence-electron chi connectivity index (χ1n) is 8.42. The number of hydrogen-bond donors (Lipinski definition) is 2. The maximum atomic E-state index is 9.46. The van der Waals surface area contributed by atoms with Crippen LogP contribution in [0.25, 0.3) is 0 Å². The van der Waals surface area contributed by atoms with Crippen molar-refractivity contribution in [3.63, 3.8) is 0 Å². The fraction of sp³-hybridized carbons (Fsp3) is 0.529. The summed E-state index contributed by atoms with van der Waals surface area (Å²) < 4.78 is 10.9. The van der Waals surface area contributed by atoms with Crippen molar-refractivity contribution in [3.8, 4) is 5.88 Å². The van der Waals surface area contributed by atoms with Gasteiger partial charge in [-0.05, 0) is 25.5 Å². The normalized spacial score (nSPS) is 18.5. The number of nitrogens with zero attached hydrogens (tertiary/aromatic N) is 4. The van der Waals surface area contributed by atoms with Crippen LogP contribution in [0.3, 0.4) is 0 Å². The van der Waals surface area contributed by atoms with Crippen LogP contribution in [0.4, 0.5) is 11.8 Å². The lowest BCUT2D eigenvalue weighted by molar-refractivity contribution is 0.126. The van der Waals surface area contributed by atoms with Crippen LogP contribution >= 0.6 is 0 Å². The Balaban J connectivity index is 1.73. The smallest absolute Gasteiger partial charge is 0.225 e. The summed E-state index contributed by atoms with van der Waals surface area (Å²) in [4.78, 5) is 12.9. The van der Waals surface area contributed by atoms with E-state index >= 15 is 0 Å². The van der Waals surface area contributed by atoms with Crippen molar-refractivity contribution in [1.82, 2.24) is 14.9 Å². The molecule has 1 aliphatic rings. The highest BCUT2D eigenvalue weighted by atomic mass is 16.5. The maximum absolute atomic E-state index is 9.46. The van der Waals surface area contributed by atoms with Gasteiger partial charge in [0.2, 0.25) is 11.8 Å². The molecule has 2 aromatic heterocycles. The molecule has 25 heavy (non-hydrogen) atoms. The lowest BCUT2D eigenvalue weighted by atomic mass is 10.1. The molecule has 136 valence electrons. The van der Waals surface area contributed by atoms with Crippen molar-refractivity contribution in [3.05, 3.63) is 29.7 Å². The minimum atomic E-state index is 0.140. The van der Waals surface area contributed by atoms with Crippen molar-refractivity contribution in [2.75, 3.05) is 44.0 Å². The molecule has 0 spiro atoms. The van der Waals surface area contributed by atoms with Crippen LogP contribution in [0, 0.1) is 6.92 Å². The van der Waals surface area contributed by atoms with Crippen molar-refractivity contribution >= 4 is 11.8 Å². The van der Waals surface area contributed by atoms with Gasteiger partial charge in [-0.25, -0.2) is 0 Å². The number of piperazine rings is 1. The fourth-order valence-electron chi connectivity index (χ4n) is 3.20. The molecule has 8 heteroatoms. The molecular formula is C17H25N5O3. The number of ether oxygens (including phenoxy) is 1. The van der Waals surface area contributed by atoms with Gasteiger partial charge in [0.1, 0.15) is 17.3 Å². The summed E-state index contributed by atoms with van der Waals surface area (Å²) in [6, 6.07) is 5.97. The lowest BCUT2D eigenvalue weighted by Gasteiger charge is -2.41. The zero-order valence-corrected chi connectivity index (χ0v) is 14.7. The number of hydrogen-bond acceptors (Lipinski definition) is 8. The third-order valence-corrected chi connectivity index (χ3v) is 4.46. The SMILES string of the molecule is COc1cc(N2CCN(Cc3ccc(C)o3)[C@H](CCO)C2)nc(N)n1. The molecule has 1 aliphatic heterocycles. The topological polar surface area (TPSA) is 101 Å². The van der Waals surface area contributed by atoms with Gasteiger partial charge >= 0.3 is 0 Å². The van der Waals surface area contributed by atoms with Gasteiger partial charge in [0.25, 0.3) is 0 Å². The molecule has 0 saturated carbocycles. The molecule has 0 amide bonds. The molecule has 0 unspecified atom stereocenters. The number of aliphatic hydroxyl groups is 1. The van der Waals surface area contributed by atoms with Gasteiger partial charge in [-0.15, -0.1) is 0 Å². The van der Waals surface area contributed by atoms with E-state index in [2.05, 4.69) is 19.8 Å². The van der Waals surface area contributed by atoms with E-state index in [-0.39, 0.29) is 18.6 Å². The Morgan fingerprint density at radius 3 is 2.88 bits per heavy atom. The fourth-order valence-corrected chi connectivity index (χ4v) is 3.20. The molecule has 3 heterocycles. The minimum absolute atomic E-state index is 0.140. The summed E-state index contributed by atoms with van der Waals surface area (Å²) in [5.41, 5.74) is 5.78. The Morgan fingerprint density at radius 2 is 2.20 bits per heavy atom. The summed E-state index contributed by atoms with van der Waals surface area (Å²) in [7, 11) is 1.56. The second-order valence-corrected chi connectivity index (χ2v) is 6.22. The van der Waals surface area contributed by atoms with E-state index in [1.807, 2.05) is 19.1 Å². The van der Waals surface area contributed by atoms with Gasteiger partial charge in [-0.3, -0.25) is 4.90 Å². The van der Waals surface area contributed by atoms with E-state index in [4.69, 9.17) is 14.9 Å². The first kappa shape index (κ1) is 17.5. The van der Waals surface area contributed by atoms with Crippen molar-refractivity contribution in [1.29, 1.82) is 0 Å². The number of methoxy groups -OCH3 is 1. The Labute approximate surface area is 147 Å². The lowest BCUT2D eigenvalue weighted by Crippen LogP contribution is -2.53. The van der Waals surface area contributed by atoms with E-state index in [0.29, 0.717) is 12.3 Å². The first-order chi connectivity index (χ1) is 12.1. The first-order valence-corrected chi connectivity index (χ1v) is 8.42. The number of anilines is 2. The monoisotopic (exact) mass is 347 g/mol. The number of nitrogen functional groups attached to an aromatic ring is 1.